The van der Waals surface area contributed by atoms with Crippen molar-refractivity contribution in [1.82, 2.24) is 0 Å². The molecule has 0 N–H and O–H groups in total. The van der Waals surface area contributed by atoms with Crippen molar-refractivity contribution in [3.05, 3.63) is 12.2 Å². The fraction of sp³-hybridized carbons (Fsp3) is 0.500. The van der Waals surface area contributed by atoms with Crippen LogP contribution in [0.2, 0.25) is 0 Å². The van der Waals surface area contributed by atoms with E-state index in [4.69, 9.17) is 4.74 Å². The van der Waals surface area contributed by atoms with E-state index in [1.54, 1.807) is 13.8 Å². The van der Waals surface area contributed by atoms with Crippen molar-refractivity contribution in [3.8, 4) is 0 Å². The molecule has 16 heavy (non-hydrogen) atoms. The normalized spacial score (nSPS) is 10.2. The summed E-state index contributed by atoms with van der Waals surface area (Å²) >= 11 is 0. The molecule has 0 amide bonds. The molecular formula is C10H14O6. The van der Waals surface area contributed by atoms with E-state index in [-0.39, 0.29) is 6.10 Å². The molecule has 0 heterocycles. The molecule has 0 rings (SSSR count). The molecule has 0 atom stereocenters. The van der Waals surface area contributed by atoms with Crippen LogP contribution >= 0.6 is 0 Å². The second kappa shape index (κ2) is 7.44. The SMILES string of the molecule is COC(=O)/C=C/C(=O)OCC(=O)OC(C)C. The zero-order valence-electron chi connectivity index (χ0n) is 9.39. The monoisotopic (exact) mass is 230 g/mol. The van der Waals surface area contributed by atoms with Crippen molar-refractivity contribution in [2.45, 2.75) is 20.0 Å². The van der Waals surface area contributed by atoms with Gasteiger partial charge in [0, 0.05) is 12.2 Å². The van der Waals surface area contributed by atoms with Gasteiger partial charge < -0.3 is 14.2 Å². The van der Waals surface area contributed by atoms with Crippen molar-refractivity contribution in [1.29, 1.82) is 0 Å². The molecule has 0 radical (unpaired) electrons. The van der Waals surface area contributed by atoms with Crippen LogP contribution in [0.4, 0.5) is 0 Å². The Hall–Kier alpha value is -1.85. The van der Waals surface area contributed by atoms with Gasteiger partial charge in [0.25, 0.3) is 0 Å². The van der Waals surface area contributed by atoms with E-state index in [1.165, 1.54) is 7.11 Å². The topological polar surface area (TPSA) is 78.9 Å². The van der Waals surface area contributed by atoms with Gasteiger partial charge in [0.15, 0.2) is 6.61 Å². The number of ether oxygens (including phenoxy) is 3. The molecule has 0 unspecified atom stereocenters. The lowest BCUT2D eigenvalue weighted by Crippen LogP contribution is -2.18. The summed E-state index contributed by atoms with van der Waals surface area (Å²) in [6.07, 6.45) is 1.50. The third-order valence-corrected chi connectivity index (χ3v) is 1.26. The summed E-state index contributed by atoms with van der Waals surface area (Å²) in [5.41, 5.74) is 0. The first kappa shape index (κ1) is 14.2. The van der Waals surface area contributed by atoms with Crippen LogP contribution in [0.3, 0.4) is 0 Å². The molecule has 6 heteroatoms. The maximum Gasteiger partial charge on any atom is 0.344 e. The van der Waals surface area contributed by atoms with Gasteiger partial charge in [-0.05, 0) is 13.8 Å². The Balaban J connectivity index is 3.86. The maximum atomic E-state index is 10.9. The van der Waals surface area contributed by atoms with Crippen molar-refractivity contribution in [3.63, 3.8) is 0 Å². The Morgan fingerprint density at radius 3 is 2.19 bits per heavy atom. The predicted molar refractivity (Wildman–Crippen MR) is 53.3 cm³/mol. The fourth-order valence-corrected chi connectivity index (χ4v) is 0.679. The number of rotatable bonds is 5. The second-order valence-electron chi connectivity index (χ2n) is 3.00. The van der Waals surface area contributed by atoms with Crippen molar-refractivity contribution in [2.24, 2.45) is 0 Å². The molecule has 0 aromatic rings. The van der Waals surface area contributed by atoms with Crippen molar-refractivity contribution >= 4 is 17.9 Å². The highest BCUT2D eigenvalue weighted by Gasteiger charge is 2.08. The van der Waals surface area contributed by atoms with Gasteiger partial charge in [0.05, 0.1) is 13.2 Å². The quantitative estimate of drug-likeness (QED) is 0.381. The minimum Gasteiger partial charge on any atom is -0.466 e. The van der Waals surface area contributed by atoms with Crippen LogP contribution in [0.1, 0.15) is 13.8 Å². The fourth-order valence-electron chi connectivity index (χ4n) is 0.679. The zero-order valence-corrected chi connectivity index (χ0v) is 9.39. The Morgan fingerprint density at radius 1 is 1.12 bits per heavy atom. The Kier molecular flexibility index (Phi) is 6.58. The zero-order chi connectivity index (χ0) is 12.6. The molecular weight excluding hydrogens is 216 g/mol. The van der Waals surface area contributed by atoms with Crippen LogP contribution in [0.15, 0.2) is 12.2 Å². The number of carbonyl (C=O) groups excluding carboxylic acids is 3. The number of esters is 3. The standard InChI is InChI=1S/C10H14O6/c1-7(2)16-10(13)6-15-9(12)5-4-8(11)14-3/h4-5,7H,6H2,1-3H3/b5-4+. The first-order valence-electron chi connectivity index (χ1n) is 4.58. The molecule has 0 saturated heterocycles. The molecule has 0 fully saturated rings. The Labute approximate surface area is 93.2 Å². The smallest absolute Gasteiger partial charge is 0.344 e. The molecule has 0 bridgehead atoms. The first-order chi connectivity index (χ1) is 7.45. The lowest BCUT2D eigenvalue weighted by atomic mass is 10.5. The molecule has 0 aromatic heterocycles. The summed E-state index contributed by atoms with van der Waals surface area (Å²) in [6.45, 7) is 2.87. The Bertz CT molecular complexity index is 292. The third kappa shape index (κ3) is 7.54. The summed E-state index contributed by atoms with van der Waals surface area (Å²) in [7, 11) is 1.18. The highest BCUT2D eigenvalue weighted by Crippen LogP contribution is 1.91. The van der Waals surface area contributed by atoms with Gasteiger partial charge >= 0.3 is 17.9 Å². The van der Waals surface area contributed by atoms with E-state index < -0.39 is 24.5 Å². The number of methoxy groups -OCH3 is 1. The van der Waals surface area contributed by atoms with E-state index in [0.29, 0.717) is 0 Å². The third-order valence-electron chi connectivity index (χ3n) is 1.26. The largest absolute Gasteiger partial charge is 0.466 e. The molecule has 0 aliphatic heterocycles. The van der Waals surface area contributed by atoms with Crippen LogP contribution in [0.25, 0.3) is 0 Å². The lowest BCUT2D eigenvalue weighted by Gasteiger charge is -2.07. The van der Waals surface area contributed by atoms with Crippen molar-refractivity contribution < 1.29 is 28.6 Å². The van der Waals surface area contributed by atoms with Gasteiger partial charge in [0.1, 0.15) is 0 Å². The average Bonchev–Trinajstić information content (AvgIpc) is 2.22. The van der Waals surface area contributed by atoms with Gasteiger partial charge in [-0.3, -0.25) is 0 Å². The van der Waals surface area contributed by atoms with Crippen LogP contribution in [0, 0.1) is 0 Å². The number of carbonyl (C=O) groups is 3. The molecule has 0 aliphatic rings. The molecule has 0 aromatic carbocycles. The van der Waals surface area contributed by atoms with E-state index in [0.717, 1.165) is 12.2 Å². The van der Waals surface area contributed by atoms with Gasteiger partial charge in [0.2, 0.25) is 0 Å². The van der Waals surface area contributed by atoms with Crippen LogP contribution in [0.5, 0.6) is 0 Å². The van der Waals surface area contributed by atoms with Crippen LogP contribution in [-0.2, 0) is 28.6 Å². The maximum absolute atomic E-state index is 10.9. The van der Waals surface area contributed by atoms with E-state index in [2.05, 4.69) is 9.47 Å². The molecule has 90 valence electrons. The lowest BCUT2D eigenvalue weighted by molar-refractivity contribution is -0.158. The van der Waals surface area contributed by atoms with Gasteiger partial charge in [-0.2, -0.15) is 0 Å². The minimum atomic E-state index is -0.814. The van der Waals surface area contributed by atoms with Gasteiger partial charge in [-0.25, -0.2) is 14.4 Å². The summed E-state index contributed by atoms with van der Waals surface area (Å²) in [4.78, 5) is 32.5. The summed E-state index contributed by atoms with van der Waals surface area (Å²) in [5.74, 6) is -2.14. The Morgan fingerprint density at radius 2 is 1.69 bits per heavy atom. The highest BCUT2D eigenvalue weighted by atomic mass is 16.6. The van der Waals surface area contributed by atoms with Crippen LogP contribution < -0.4 is 0 Å². The van der Waals surface area contributed by atoms with Gasteiger partial charge in [-0.15, -0.1) is 0 Å². The highest BCUT2D eigenvalue weighted by molar-refractivity contribution is 5.92. The second-order valence-corrected chi connectivity index (χ2v) is 3.00. The first-order valence-corrected chi connectivity index (χ1v) is 4.58. The molecule has 0 aliphatic carbocycles. The number of hydrogen-bond donors (Lipinski definition) is 0. The van der Waals surface area contributed by atoms with E-state index >= 15 is 0 Å². The van der Waals surface area contributed by atoms with Crippen LogP contribution in [-0.4, -0.2) is 37.7 Å². The van der Waals surface area contributed by atoms with E-state index in [1.807, 2.05) is 0 Å². The average molecular weight is 230 g/mol. The molecule has 6 nitrogen and oxygen atoms in total. The number of hydrogen-bond acceptors (Lipinski definition) is 6. The summed E-state index contributed by atoms with van der Waals surface area (Å²) in [6, 6.07) is 0. The summed E-state index contributed by atoms with van der Waals surface area (Å²) < 4.78 is 13.5. The van der Waals surface area contributed by atoms with Crippen molar-refractivity contribution in [2.75, 3.05) is 13.7 Å². The van der Waals surface area contributed by atoms with Gasteiger partial charge in [-0.1, -0.05) is 0 Å². The molecule has 0 saturated carbocycles. The summed E-state index contributed by atoms with van der Waals surface area (Å²) in [5, 5.41) is 0. The predicted octanol–water partition coefficient (Wildman–Crippen LogP) is 0.210. The minimum absolute atomic E-state index is 0.267. The van der Waals surface area contributed by atoms with E-state index in [9.17, 15) is 14.4 Å². The molecule has 0 spiro atoms.